The van der Waals surface area contributed by atoms with Gasteiger partial charge in [0.25, 0.3) is 0 Å². The van der Waals surface area contributed by atoms with E-state index in [1.165, 1.54) is 4.52 Å². The van der Waals surface area contributed by atoms with Crippen LogP contribution in [-0.2, 0) is 0 Å². The third kappa shape index (κ3) is 1.97. The molecule has 0 radical (unpaired) electrons. The second kappa shape index (κ2) is 4.34. The summed E-state index contributed by atoms with van der Waals surface area (Å²) in [6, 6.07) is 9.38. The number of nitrogens with zero attached hydrogens (tertiary/aromatic N) is 3. The van der Waals surface area contributed by atoms with Gasteiger partial charge in [0.1, 0.15) is 5.56 Å². The molecule has 3 aromatic rings. The van der Waals surface area contributed by atoms with E-state index in [4.69, 9.17) is 5.73 Å². The molecule has 0 aliphatic rings. The lowest BCUT2D eigenvalue weighted by Crippen LogP contribution is -2.02. The Balaban J connectivity index is 2.26. The summed E-state index contributed by atoms with van der Waals surface area (Å²) in [6.07, 6.45) is 1.72. The number of carboxylic acids is 1. The highest BCUT2D eigenvalue weighted by atomic mass is 16.4. The van der Waals surface area contributed by atoms with Gasteiger partial charge in [0.2, 0.25) is 5.95 Å². The molecule has 2 aromatic heterocycles. The highest BCUT2D eigenvalue weighted by Crippen LogP contribution is 2.23. The van der Waals surface area contributed by atoms with Crippen LogP contribution in [-0.4, -0.2) is 25.7 Å². The Morgan fingerprint density at radius 3 is 2.60 bits per heavy atom. The predicted octanol–water partition coefficient (Wildman–Crippen LogP) is 1.99. The lowest BCUT2D eigenvalue weighted by atomic mass is 10.0. The van der Waals surface area contributed by atoms with Gasteiger partial charge in [-0.3, -0.25) is 0 Å². The maximum atomic E-state index is 11.3. The lowest BCUT2D eigenvalue weighted by molar-refractivity contribution is 0.0698. The van der Waals surface area contributed by atoms with Crippen LogP contribution in [0, 0.1) is 6.92 Å². The van der Waals surface area contributed by atoms with Gasteiger partial charge in [-0.25, -0.2) is 9.31 Å². The van der Waals surface area contributed by atoms with E-state index >= 15 is 0 Å². The van der Waals surface area contributed by atoms with E-state index < -0.39 is 5.97 Å². The Bertz CT molecular complexity index is 806. The maximum Gasteiger partial charge on any atom is 0.339 e. The fraction of sp³-hybridized carbons (Fsp3) is 0.0714. The van der Waals surface area contributed by atoms with E-state index in [-0.39, 0.29) is 17.2 Å². The molecule has 0 saturated heterocycles. The monoisotopic (exact) mass is 268 g/mol. The summed E-state index contributed by atoms with van der Waals surface area (Å²) in [5, 5.41) is 13.3. The van der Waals surface area contributed by atoms with Gasteiger partial charge in [0.15, 0.2) is 5.65 Å². The fourth-order valence-corrected chi connectivity index (χ4v) is 2.06. The zero-order valence-corrected chi connectivity index (χ0v) is 10.7. The summed E-state index contributed by atoms with van der Waals surface area (Å²) in [4.78, 5) is 15.3. The number of hydrogen-bond donors (Lipinski definition) is 2. The van der Waals surface area contributed by atoms with Crippen LogP contribution in [0.5, 0.6) is 0 Å². The number of pyridine rings is 1. The number of benzene rings is 1. The Kier molecular flexibility index (Phi) is 2.64. The standard InChI is InChI=1S/C14H12N4O2/c1-8-2-4-9(5-3-8)10-6-11(13(19)20)12-16-14(15)17-18(12)7-10/h2-7H,1H3,(H2,15,17)(H,19,20). The number of rotatable bonds is 2. The maximum absolute atomic E-state index is 11.3. The van der Waals surface area contributed by atoms with Gasteiger partial charge < -0.3 is 10.8 Å². The third-order valence-electron chi connectivity index (χ3n) is 3.07. The molecule has 3 N–H and O–H groups in total. The van der Waals surface area contributed by atoms with E-state index in [0.717, 1.165) is 16.7 Å². The summed E-state index contributed by atoms with van der Waals surface area (Å²) in [7, 11) is 0. The Morgan fingerprint density at radius 2 is 1.95 bits per heavy atom. The van der Waals surface area contributed by atoms with Crippen LogP contribution in [0.2, 0.25) is 0 Å². The zero-order valence-electron chi connectivity index (χ0n) is 10.7. The molecule has 0 amide bonds. The van der Waals surface area contributed by atoms with E-state index in [1.54, 1.807) is 12.3 Å². The first kappa shape index (κ1) is 12.2. The van der Waals surface area contributed by atoms with Crippen LogP contribution < -0.4 is 5.73 Å². The molecule has 1 aromatic carbocycles. The molecule has 0 fully saturated rings. The predicted molar refractivity (Wildman–Crippen MR) is 74.5 cm³/mol. The molecule has 6 nitrogen and oxygen atoms in total. The smallest absolute Gasteiger partial charge is 0.339 e. The third-order valence-corrected chi connectivity index (χ3v) is 3.07. The van der Waals surface area contributed by atoms with Crippen molar-refractivity contribution in [2.45, 2.75) is 6.92 Å². The van der Waals surface area contributed by atoms with Crippen molar-refractivity contribution < 1.29 is 9.90 Å². The summed E-state index contributed by atoms with van der Waals surface area (Å²) in [6.45, 7) is 1.99. The van der Waals surface area contributed by atoms with Crippen LogP contribution in [0.1, 0.15) is 15.9 Å². The van der Waals surface area contributed by atoms with Crippen LogP contribution in [0.4, 0.5) is 5.95 Å². The normalized spacial score (nSPS) is 10.8. The first-order valence-corrected chi connectivity index (χ1v) is 6.01. The molecule has 6 heteroatoms. The molecular formula is C14H12N4O2. The topological polar surface area (TPSA) is 93.5 Å². The summed E-state index contributed by atoms with van der Waals surface area (Å²) < 4.78 is 1.40. The summed E-state index contributed by atoms with van der Waals surface area (Å²) in [5.74, 6) is -1.01. The van der Waals surface area contributed by atoms with Gasteiger partial charge in [-0.05, 0) is 18.6 Å². The first-order chi connectivity index (χ1) is 9.54. The number of anilines is 1. The summed E-state index contributed by atoms with van der Waals surface area (Å²) >= 11 is 0. The Hall–Kier alpha value is -2.89. The molecule has 3 rings (SSSR count). The van der Waals surface area contributed by atoms with Gasteiger partial charge in [0.05, 0.1) is 0 Å². The molecule has 0 atom stereocenters. The van der Waals surface area contributed by atoms with E-state index in [0.29, 0.717) is 0 Å². The van der Waals surface area contributed by atoms with Crippen molar-refractivity contribution in [2.75, 3.05) is 5.73 Å². The number of aryl methyl sites for hydroxylation is 1. The van der Waals surface area contributed by atoms with E-state index in [1.807, 2.05) is 31.2 Å². The van der Waals surface area contributed by atoms with Crippen LogP contribution >= 0.6 is 0 Å². The van der Waals surface area contributed by atoms with Crippen molar-refractivity contribution in [1.29, 1.82) is 0 Å². The Morgan fingerprint density at radius 1 is 1.25 bits per heavy atom. The number of carbonyl (C=O) groups is 1. The minimum atomic E-state index is -1.06. The number of hydrogen-bond acceptors (Lipinski definition) is 4. The summed E-state index contributed by atoms with van der Waals surface area (Å²) in [5.41, 5.74) is 8.65. The van der Waals surface area contributed by atoms with Crippen LogP contribution in [0.3, 0.4) is 0 Å². The van der Waals surface area contributed by atoms with Crippen molar-refractivity contribution >= 4 is 17.6 Å². The number of aromatic nitrogens is 3. The van der Waals surface area contributed by atoms with E-state index in [9.17, 15) is 9.90 Å². The minimum absolute atomic E-state index is 0.0496. The SMILES string of the molecule is Cc1ccc(-c2cc(C(=O)O)c3nc(N)nn3c2)cc1. The number of nitrogens with two attached hydrogens (primary N) is 1. The van der Waals surface area contributed by atoms with Crippen molar-refractivity contribution in [2.24, 2.45) is 0 Å². The molecule has 0 saturated carbocycles. The average molecular weight is 268 g/mol. The van der Waals surface area contributed by atoms with Crippen LogP contribution in [0.25, 0.3) is 16.8 Å². The molecule has 0 bridgehead atoms. The van der Waals surface area contributed by atoms with Gasteiger partial charge in [-0.1, -0.05) is 29.8 Å². The minimum Gasteiger partial charge on any atom is -0.478 e. The van der Waals surface area contributed by atoms with Gasteiger partial charge >= 0.3 is 5.97 Å². The molecule has 20 heavy (non-hydrogen) atoms. The fourth-order valence-electron chi connectivity index (χ4n) is 2.06. The molecule has 0 spiro atoms. The molecule has 100 valence electrons. The van der Waals surface area contributed by atoms with Crippen molar-refractivity contribution in [3.63, 3.8) is 0 Å². The lowest BCUT2D eigenvalue weighted by Gasteiger charge is -2.05. The van der Waals surface area contributed by atoms with Gasteiger partial charge in [0, 0.05) is 11.8 Å². The van der Waals surface area contributed by atoms with Crippen molar-refractivity contribution in [3.8, 4) is 11.1 Å². The number of fused-ring (bicyclic) bond motifs is 1. The molecule has 0 aliphatic heterocycles. The number of carboxylic acid groups (broad SMARTS) is 1. The first-order valence-electron chi connectivity index (χ1n) is 6.01. The second-order valence-corrected chi connectivity index (χ2v) is 4.55. The van der Waals surface area contributed by atoms with Crippen LogP contribution in [0.15, 0.2) is 36.5 Å². The van der Waals surface area contributed by atoms with Gasteiger partial charge in [-0.2, -0.15) is 4.98 Å². The van der Waals surface area contributed by atoms with Crippen molar-refractivity contribution in [1.82, 2.24) is 14.6 Å². The largest absolute Gasteiger partial charge is 0.478 e. The van der Waals surface area contributed by atoms with Gasteiger partial charge in [-0.15, -0.1) is 5.10 Å². The average Bonchev–Trinajstić information content (AvgIpc) is 2.78. The highest BCUT2D eigenvalue weighted by molar-refractivity contribution is 5.96. The zero-order chi connectivity index (χ0) is 14.3. The molecule has 0 unspecified atom stereocenters. The quantitative estimate of drug-likeness (QED) is 0.741. The second-order valence-electron chi connectivity index (χ2n) is 4.55. The highest BCUT2D eigenvalue weighted by Gasteiger charge is 2.15. The Labute approximate surface area is 114 Å². The van der Waals surface area contributed by atoms with Crippen molar-refractivity contribution in [3.05, 3.63) is 47.7 Å². The number of aromatic carboxylic acids is 1. The number of nitrogen functional groups attached to an aromatic ring is 1. The molecular weight excluding hydrogens is 256 g/mol. The van der Waals surface area contributed by atoms with E-state index in [2.05, 4.69) is 10.1 Å². The molecule has 2 heterocycles. The molecule has 0 aliphatic carbocycles.